The van der Waals surface area contributed by atoms with E-state index in [1.807, 2.05) is 0 Å². The Labute approximate surface area is 90.6 Å². The summed E-state index contributed by atoms with van der Waals surface area (Å²) in [6.45, 7) is 5.73. The molecule has 2 saturated heterocycles. The molecular formula is C11H20N2O2. The number of carboxylic acid groups (broad SMARTS) is 1. The van der Waals surface area contributed by atoms with Gasteiger partial charge in [0.15, 0.2) is 0 Å². The number of hydrogen-bond acceptors (Lipinski definition) is 3. The van der Waals surface area contributed by atoms with Gasteiger partial charge in [0.2, 0.25) is 0 Å². The van der Waals surface area contributed by atoms with E-state index in [9.17, 15) is 4.79 Å². The summed E-state index contributed by atoms with van der Waals surface area (Å²) in [6, 6.07) is 0.584. The van der Waals surface area contributed by atoms with Crippen LogP contribution in [0, 0.1) is 11.8 Å². The summed E-state index contributed by atoms with van der Waals surface area (Å²) in [5.74, 6) is -0.174. The Balaban J connectivity index is 1.93. The van der Waals surface area contributed by atoms with E-state index in [4.69, 9.17) is 5.11 Å². The molecule has 2 heterocycles. The van der Waals surface area contributed by atoms with E-state index in [1.165, 1.54) is 12.8 Å². The summed E-state index contributed by atoms with van der Waals surface area (Å²) in [6.07, 6.45) is 2.52. The molecule has 2 aliphatic rings. The highest BCUT2D eigenvalue weighted by Gasteiger charge is 2.35. The Bertz CT molecular complexity index is 245. The summed E-state index contributed by atoms with van der Waals surface area (Å²) in [5.41, 5.74) is 0. The van der Waals surface area contributed by atoms with Gasteiger partial charge >= 0.3 is 5.97 Å². The van der Waals surface area contributed by atoms with E-state index in [0.29, 0.717) is 12.6 Å². The maximum absolute atomic E-state index is 10.8. The molecule has 4 heteroatoms. The first-order valence-corrected chi connectivity index (χ1v) is 5.86. The van der Waals surface area contributed by atoms with E-state index < -0.39 is 5.97 Å². The predicted octanol–water partition coefficient (Wildman–Crippen LogP) is 0.391. The largest absolute Gasteiger partial charge is 0.481 e. The molecule has 0 spiro atoms. The molecule has 4 nitrogen and oxygen atoms in total. The lowest BCUT2D eigenvalue weighted by molar-refractivity contribution is -0.142. The number of carbonyl (C=O) groups is 1. The smallest absolute Gasteiger partial charge is 0.307 e. The van der Waals surface area contributed by atoms with Gasteiger partial charge < -0.3 is 10.4 Å². The minimum absolute atomic E-state index is 0.246. The molecule has 0 aromatic carbocycles. The summed E-state index contributed by atoms with van der Waals surface area (Å²) in [7, 11) is 0. The van der Waals surface area contributed by atoms with Gasteiger partial charge in [-0.3, -0.25) is 9.69 Å². The van der Waals surface area contributed by atoms with Crippen molar-refractivity contribution in [3.05, 3.63) is 0 Å². The first-order chi connectivity index (χ1) is 7.18. The SMILES string of the molecule is CC(CN1CCCC2CNCC21)C(=O)O. The van der Waals surface area contributed by atoms with Gasteiger partial charge in [0, 0.05) is 19.1 Å². The molecule has 3 unspecified atom stereocenters. The van der Waals surface area contributed by atoms with Crippen molar-refractivity contribution in [1.29, 1.82) is 0 Å². The third-order valence-electron chi connectivity index (χ3n) is 3.72. The standard InChI is InChI=1S/C11H20N2O2/c1-8(11(14)15)7-13-4-2-3-9-5-12-6-10(9)13/h8-10,12H,2-7H2,1H3,(H,14,15). The molecule has 3 atom stereocenters. The predicted molar refractivity (Wildman–Crippen MR) is 57.8 cm³/mol. The molecule has 2 aliphatic heterocycles. The Hall–Kier alpha value is -0.610. The monoisotopic (exact) mass is 212 g/mol. The number of piperidine rings is 1. The highest BCUT2D eigenvalue weighted by molar-refractivity contribution is 5.69. The lowest BCUT2D eigenvalue weighted by Crippen LogP contribution is -2.47. The first-order valence-electron chi connectivity index (χ1n) is 5.86. The van der Waals surface area contributed by atoms with Crippen molar-refractivity contribution >= 4 is 5.97 Å². The van der Waals surface area contributed by atoms with Crippen LogP contribution in [-0.4, -0.2) is 48.2 Å². The van der Waals surface area contributed by atoms with Crippen molar-refractivity contribution in [2.45, 2.75) is 25.8 Å². The minimum Gasteiger partial charge on any atom is -0.481 e. The number of carboxylic acids is 1. The number of nitrogens with zero attached hydrogens (tertiary/aromatic N) is 1. The highest BCUT2D eigenvalue weighted by atomic mass is 16.4. The lowest BCUT2D eigenvalue weighted by Gasteiger charge is -2.37. The topological polar surface area (TPSA) is 52.6 Å². The second-order valence-corrected chi connectivity index (χ2v) is 4.86. The summed E-state index contributed by atoms with van der Waals surface area (Å²) in [4.78, 5) is 13.2. The van der Waals surface area contributed by atoms with E-state index >= 15 is 0 Å². The van der Waals surface area contributed by atoms with E-state index in [-0.39, 0.29) is 5.92 Å². The van der Waals surface area contributed by atoms with Crippen LogP contribution in [0.15, 0.2) is 0 Å². The molecule has 2 N–H and O–H groups in total. The van der Waals surface area contributed by atoms with Crippen molar-refractivity contribution in [3.8, 4) is 0 Å². The number of aliphatic carboxylic acids is 1. The van der Waals surface area contributed by atoms with Crippen molar-refractivity contribution < 1.29 is 9.90 Å². The van der Waals surface area contributed by atoms with E-state index in [1.54, 1.807) is 6.92 Å². The quantitative estimate of drug-likeness (QED) is 0.710. The normalized spacial score (nSPS) is 33.7. The number of nitrogens with one attached hydrogen (secondary N) is 1. The fraction of sp³-hybridized carbons (Fsp3) is 0.909. The van der Waals surface area contributed by atoms with Crippen LogP contribution < -0.4 is 5.32 Å². The number of fused-ring (bicyclic) bond motifs is 1. The molecule has 0 aromatic rings. The van der Waals surface area contributed by atoms with Gasteiger partial charge in [-0.1, -0.05) is 6.92 Å². The van der Waals surface area contributed by atoms with Gasteiger partial charge in [0.1, 0.15) is 0 Å². The first kappa shape index (κ1) is 10.9. The molecule has 15 heavy (non-hydrogen) atoms. The second-order valence-electron chi connectivity index (χ2n) is 4.86. The van der Waals surface area contributed by atoms with Crippen LogP contribution in [-0.2, 0) is 4.79 Å². The molecule has 2 rings (SSSR count). The second kappa shape index (κ2) is 4.49. The minimum atomic E-state index is -0.678. The molecule has 0 aliphatic carbocycles. The molecule has 2 fully saturated rings. The Morgan fingerprint density at radius 1 is 1.60 bits per heavy atom. The van der Waals surface area contributed by atoms with Crippen LogP contribution in [0.5, 0.6) is 0 Å². The van der Waals surface area contributed by atoms with Gasteiger partial charge in [-0.15, -0.1) is 0 Å². The third-order valence-corrected chi connectivity index (χ3v) is 3.72. The van der Waals surface area contributed by atoms with Crippen LogP contribution in [0.25, 0.3) is 0 Å². The maximum atomic E-state index is 10.8. The Morgan fingerprint density at radius 3 is 3.13 bits per heavy atom. The average Bonchev–Trinajstić information content (AvgIpc) is 2.66. The van der Waals surface area contributed by atoms with Crippen LogP contribution >= 0.6 is 0 Å². The van der Waals surface area contributed by atoms with Crippen LogP contribution in [0.3, 0.4) is 0 Å². The Kier molecular flexibility index (Phi) is 3.26. The zero-order valence-corrected chi connectivity index (χ0v) is 9.28. The molecule has 0 bridgehead atoms. The maximum Gasteiger partial charge on any atom is 0.307 e. The van der Waals surface area contributed by atoms with Crippen molar-refractivity contribution in [1.82, 2.24) is 10.2 Å². The molecule has 0 saturated carbocycles. The molecule has 0 radical (unpaired) electrons. The highest BCUT2D eigenvalue weighted by Crippen LogP contribution is 2.26. The fourth-order valence-corrected chi connectivity index (χ4v) is 2.82. The van der Waals surface area contributed by atoms with Gasteiger partial charge in [0.05, 0.1) is 5.92 Å². The fourth-order valence-electron chi connectivity index (χ4n) is 2.82. The van der Waals surface area contributed by atoms with Gasteiger partial charge in [0.25, 0.3) is 0 Å². The van der Waals surface area contributed by atoms with Crippen LogP contribution in [0.4, 0.5) is 0 Å². The lowest BCUT2D eigenvalue weighted by atomic mass is 9.91. The average molecular weight is 212 g/mol. The zero-order valence-electron chi connectivity index (χ0n) is 9.28. The Morgan fingerprint density at radius 2 is 2.40 bits per heavy atom. The van der Waals surface area contributed by atoms with Gasteiger partial charge in [-0.25, -0.2) is 0 Å². The number of hydrogen-bond donors (Lipinski definition) is 2. The summed E-state index contributed by atoms with van der Waals surface area (Å²) >= 11 is 0. The van der Waals surface area contributed by atoms with Crippen molar-refractivity contribution in [2.24, 2.45) is 11.8 Å². The molecule has 86 valence electrons. The number of rotatable bonds is 3. The van der Waals surface area contributed by atoms with Crippen molar-refractivity contribution in [2.75, 3.05) is 26.2 Å². The van der Waals surface area contributed by atoms with Crippen LogP contribution in [0.2, 0.25) is 0 Å². The van der Waals surface area contributed by atoms with E-state index in [2.05, 4.69) is 10.2 Å². The van der Waals surface area contributed by atoms with E-state index in [0.717, 1.165) is 25.6 Å². The summed E-state index contributed by atoms with van der Waals surface area (Å²) < 4.78 is 0. The number of likely N-dealkylation sites (tertiary alicyclic amines) is 1. The molecule has 0 aromatic heterocycles. The van der Waals surface area contributed by atoms with Gasteiger partial charge in [-0.2, -0.15) is 0 Å². The third kappa shape index (κ3) is 2.32. The van der Waals surface area contributed by atoms with Crippen LogP contribution in [0.1, 0.15) is 19.8 Å². The van der Waals surface area contributed by atoms with Crippen molar-refractivity contribution in [3.63, 3.8) is 0 Å². The molecular weight excluding hydrogens is 192 g/mol. The molecule has 0 amide bonds. The summed E-state index contributed by atoms with van der Waals surface area (Å²) in [5, 5.41) is 12.3. The zero-order chi connectivity index (χ0) is 10.8. The van der Waals surface area contributed by atoms with Gasteiger partial charge in [-0.05, 0) is 31.8 Å².